The van der Waals surface area contributed by atoms with Crippen LogP contribution in [-0.4, -0.2) is 19.1 Å². The van der Waals surface area contributed by atoms with E-state index in [4.69, 9.17) is 21.6 Å². The average Bonchev–Trinajstić information content (AvgIpc) is 3.20. The Bertz CT molecular complexity index is 1270. The Balaban J connectivity index is 1.73. The maximum atomic E-state index is 9.43. The van der Waals surface area contributed by atoms with Gasteiger partial charge in [0.15, 0.2) is 5.65 Å². The summed E-state index contributed by atoms with van der Waals surface area (Å²) in [4.78, 5) is 9.67. The maximum absolute atomic E-state index is 9.43. The number of aryl methyl sites for hydroxylation is 3. The molecule has 0 aliphatic carbocycles. The van der Waals surface area contributed by atoms with E-state index in [1.165, 1.54) is 0 Å². The first-order chi connectivity index (χ1) is 14.4. The van der Waals surface area contributed by atoms with Crippen molar-refractivity contribution in [3.05, 3.63) is 69.8 Å². The zero-order valence-corrected chi connectivity index (χ0v) is 18.5. The summed E-state index contributed by atoms with van der Waals surface area (Å²) in [5, 5.41) is 9.98. The monoisotopic (exact) mass is 417 g/mol. The third-order valence-electron chi connectivity index (χ3n) is 5.44. The summed E-state index contributed by atoms with van der Waals surface area (Å²) in [7, 11) is 1.87. The molecular weight excluding hydrogens is 394 g/mol. The average molecular weight is 418 g/mol. The topological polar surface area (TPSA) is 59.4 Å². The normalized spacial score (nSPS) is 11.2. The van der Waals surface area contributed by atoms with Gasteiger partial charge in [0.25, 0.3) is 0 Å². The zero-order chi connectivity index (χ0) is 21.4. The van der Waals surface area contributed by atoms with E-state index in [2.05, 4.69) is 42.7 Å². The van der Waals surface area contributed by atoms with Crippen LogP contribution in [0.5, 0.6) is 0 Å². The minimum Gasteiger partial charge on any atom is -0.334 e. The summed E-state index contributed by atoms with van der Waals surface area (Å²) in [6.07, 6.45) is 1.95. The Hall–Kier alpha value is -3.10. The molecule has 6 heteroatoms. The van der Waals surface area contributed by atoms with Crippen LogP contribution < -0.4 is 0 Å². The smallest absolute Gasteiger partial charge is 0.160 e. The van der Waals surface area contributed by atoms with Crippen LogP contribution in [0.4, 0.5) is 0 Å². The summed E-state index contributed by atoms with van der Waals surface area (Å²) in [5.41, 5.74) is 7.64. The van der Waals surface area contributed by atoms with E-state index in [0.29, 0.717) is 17.3 Å². The Kier molecular flexibility index (Phi) is 5.36. The third kappa shape index (κ3) is 3.48. The van der Waals surface area contributed by atoms with Gasteiger partial charge in [-0.3, -0.25) is 0 Å². The highest BCUT2D eigenvalue weighted by molar-refractivity contribution is 6.30. The number of halogens is 1. The molecule has 0 N–H and O–H groups in total. The predicted octanol–water partition coefficient (Wildman–Crippen LogP) is 5.58. The standard InChI is InChI=1S/C24H24ClN5/c1-5-6-21-28-22-15(2)11-16(3)27-24(22)30(21)14-17-7-9-18(10-8-17)23-19(13-26)12-20(25)29(23)4/h7-12H,5-6,14H2,1-4H3. The molecule has 0 saturated heterocycles. The number of rotatable bonds is 5. The lowest BCUT2D eigenvalue weighted by Gasteiger charge is -2.11. The number of nitriles is 1. The van der Waals surface area contributed by atoms with Gasteiger partial charge in [-0.1, -0.05) is 42.8 Å². The Morgan fingerprint density at radius 3 is 2.50 bits per heavy atom. The molecule has 0 spiro atoms. The number of nitrogens with zero attached hydrogens (tertiary/aromatic N) is 5. The highest BCUT2D eigenvalue weighted by Crippen LogP contribution is 2.29. The molecule has 0 unspecified atom stereocenters. The highest BCUT2D eigenvalue weighted by Gasteiger charge is 2.16. The van der Waals surface area contributed by atoms with Crippen molar-refractivity contribution in [1.82, 2.24) is 19.1 Å². The number of hydrogen-bond donors (Lipinski definition) is 0. The molecule has 30 heavy (non-hydrogen) atoms. The largest absolute Gasteiger partial charge is 0.334 e. The third-order valence-corrected chi connectivity index (χ3v) is 5.80. The fraction of sp³-hybridized carbons (Fsp3) is 0.292. The van der Waals surface area contributed by atoms with Gasteiger partial charge in [-0.15, -0.1) is 0 Å². The first kappa shape index (κ1) is 20.2. The van der Waals surface area contributed by atoms with Crippen LogP contribution in [0.3, 0.4) is 0 Å². The molecule has 3 aromatic heterocycles. The van der Waals surface area contributed by atoms with Crippen molar-refractivity contribution in [2.75, 3.05) is 0 Å². The van der Waals surface area contributed by atoms with Crippen LogP contribution in [0.1, 0.15) is 41.6 Å². The molecule has 0 atom stereocenters. The summed E-state index contributed by atoms with van der Waals surface area (Å²) < 4.78 is 4.07. The minimum absolute atomic E-state index is 0.552. The van der Waals surface area contributed by atoms with E-state index in [-0.39, 0.29) is 0 Å². The van der Waals surface area contributed by atoms with Crippen molar-refractivity contribution >= 4 is 22.8 Å². The fourth-order valence-electron chi connectivity index (χ4n) is 3.99. The van der Waals surface area contributed by atoms with E-state index >= 15 is 0 Å². The van der Waals surface area contributed by atoms with Crippen molar-refractivity contribution in [2.24, 2.45) is 7.05 Å². The lowest BCUT2D eigenvalue weighted by molar-refractivity contribution is 0.716. The molecule has 3 heterocycles. The molecule has 152 valence electrons. The second-order valence-electron chi connectivity index (χ2n) is 7.71. The van der Waals surface area contributed by atoms with Crippen molar-refractivity contribution < 1.29 is 0 Å². The zero-order valence-electron chi connectivity index (χ0n) is 17.7. The number of fused-ring (bicyclic) bond motifs is 1. The van der Waals surface area contributed by atoms with Gasteiger partial charge < -0.3 is 9.13 Å². The van der Waals surface area contributed by atoms with Crippen LogP contribution in [0.15, 0.2) is 36.4 Å². The van der Waals surface area contributed by atoms with Gasteiger partial charge in [-0.05, 0) is 49.1 Å². The quantitative estimate of drug-likeness (QED) is 0.426. The number of benzene rings is 1. The van der Waals surface area contributed by atoms with E-state index in [9.17, 15) is 5.26 Å². The summed E-state index contributed by atoms with van der Waals surface area (Å²) in [6.45, 7) is 7.00. The molecule has 0 saturated carbocycles. The second-order valence-corrected chi connectivity index (χ2v) is 8.10. The molecule has 1 aromatic carbocycles. The Labute approximate surface area is 181 Å². The van der Waals surface area contributed by atoms with Crippen molar-refractivity contribution in [1.29, 1.82) is 5.26 Å². The maximum Gasteiger partial charge on any atom is 0.160 e. The highest BCUT2D eigenvalue weighted by atomic mass is 35.5. The number of aromatic nitrogens is 4. The van der Waals surface area contributed by atoms with Crippen LogP contribution in [0, 0.1) is 25.2 Å². The SMILES string of the molecule is CCCc1nc2c(C)cc(C)nc2n1Cc1ccc(-c2c(C#N)cc(Cl)n2C)cc1. The number of imidazole rings is 1. The molecule has 5 nitrogen and oxygen atoms in total. The summed E-state index contributed by atoms with van der Waals surface area (Å²) in [5.74, 6) is 1.07. The molecule has 0 bridgehead atoms. The fourth-order valence-corrected chi connectivity index (χ4v) is 4.18. The van der Waals surface area contributed by atoms with Crippen LogP contribution in [0.2, 0.25) is 5.15 Å². The van der Waals surface area contributed by atoms with Gasteiger partial charge in [0.2, 0.25) is 0 Å². The first-order valence-electron chi connectivity index (χ1n) is 10.1. The van der Waals surface area contributed by atoms with Gasteiger partial charge >= 0.3 is 0 Å². The number of hydrogen-bond acceptors (Lipinski definition) is 3. The van der Waals surface area contributed by atoms with E-state index in [1.54, 1.807) is 6.07 Å². The van der Waals surface area contributed by atoms with E-state index in [1.807, 2.05) is 30.7 Å². The first-order valence-corrected chi connectivity index (χ1v) is 10.5. The number of pyridine rings is 1. The van der Waals surface area contributed by atoms with Crippen molar-refractivity contribution in [3.8, 4) is 17.3 Å². The molecule has 0 amide bonds. The van der Waals surface area contributed by atoms with Gasteiger partial charge in [-0.2, -0.15) is 5.26 Å². The van der Waals surface area contributed by atoms with Gasteiger partial charge in [0.05, 0.1) is 17.8 Å². The lowest BCUT2D eigenvalue weighted by Crippen LogP contribution is -2.06. The minimum atomic E-state index is 0.552. The molecule has 0 aliphatic rings. The molecule has 4 rings (SSSR count). The Morgan fingerprint density at radius 1 is 1.10 bits per heavy atom. The van der Waals surface area contributed by atoms with Crippen LogP contribution in [-0.2, 0) is 20.0 Å². The van der Waals surface area contributed by atoms with Gasteiger partial charge in [0, 0.05) is 19.2 Å². The van der Waals surface area contributed by atoms with Crippen molar-refractivity contribution in [3.63, 3.8) is 0 Å². The van der Waals surface area contributed by atoms with Gasteiger partial charge in [-0.25, -0.2) is 9.97 Å². The lowest BCUT2D eigenvalue weighted by atomic mass is 10.1. The van der Waals surface area contributed by atoms with Crippen LogP contribution >= 0.6 is 11.6 Å². The predicted molar refractivity (Wildman–Crippen MR) is 121 cm³/mol. The van der Waals surface area contributed by atoms with E-state index < -0.39 is 0 Å². The Morgan fingerprint density at radius 2 is 1.83 bits per heavy atom. The molecule has 0 radical (unpaired) electrons. The van der Waals surface area contributed by atoms with Crippen molar-refractivity contribution in [2.45, 2.75) is 40.2 Å². The molecule has 4 aromatic rings. The van der Waals surface area contributed by atoms with E-state index in [0.717, 1.165) is 57.9 Å². The summed E-state index contributed by atoms with van der Waals surface area (Å²) in [6, 6.07) is 14.3. The summed E-state index contributed by atoms with van der Waals surface area (Å²) >= 11 is 6.21. The molecule has 0 aliphatic heterocycles. The molecule has 0 fully saturated rings. The second kappa shape index (κ2) is 7.97. The molecular formula is C24H24ClN5. The van der Waals surface area contributed by atoms with Crippen LogP contribution in [0.25, 0.3) is 22.4 Å². The van der Waals surface area contributed by atoms with Gasteiger partial charge in [0.1, 0.15) is 22.6 Å².